The summed E-state index contributed by atoms with van der Waals surface area (Å²) >= 11 is 0. The van der Waals surface area contributed by atoms with Crippen LogP contribution in [0.1, 0.15) is 61.6 Å². The number of piperidine rings is 2. The Morgan fingerprint density at radius 1 is 0.857 bits per heavy atom. The summed E-state index contributed by atoms with van der Waals surface area (Å²) in [5, 5.41) is 4.33. The van der Waals surface area contributed by atoms with E-state index >= 15 is 0 Å². The molecule has 0 saturated carbocycles. The van der Waals surface area contributed by atoms with Gasteiger partial charge in [0.05, 0.1) is 6.21 Å². The lowest BCUT2D eigenvalue weighted by Crippen LogP contribution is -2.34. The third kappa shape index (κ3) is 5.67. The Kier molecular flexibility index (Phi) is 7.02. The minimum Gasteiger partial charge on any atom is -0.455 e. The Morgan fingerprint density at radius 2 is 1.46 bits per heavy atom. The van der Waals surface area contributed by atoms with Crippen LogP contribution in [0.3, 0.4) is 0 Å². The third-order valence-corrected chi connectivity index (χ3v) is 6.45. The highest BCUT2D eigenvalue weighted by Crippen LogP contribution is 2.24. The second-order valence-corrected chi connectivity index (χ2v) is 9.06. The second kappa shape index (κ2) is 10.7. The molecule has 182 valence electrons. The predicted octanol–water partition coefficient (Wildman–Crippen LogP) is 4.76. The molecule has 0 aliphatic carbocycles. The number of carbonyl (C=O) groups is 1. The van der Waals surface area contributed by atoms with E-state index in [1.807, 2.05) is 24.3 Å². The SMILES string of the molecule is CC(=O)c1ccc(-c2ccc(/C=N/Nc3nc(N4CCCCC4)nc(N4CCCCC4)n3)o2)cc1. The van der Waals surface area contributed by atoms with Crippen LogP contribution in [-0.4, -0.2) is 53.1 Å². The Hall–Kier alpha value is -3.75. The molecule has 2 aliphatic heterocycles. The van der Waals surface area contributed by atoms with E-state index in [0.29, 0.717) is 34.9 Å². The highest BCUT2D eigenvalue weighted by Gasteiger charge is 2.20. The van der Waals surface area contributed by atoms with Gasteiger partial charge in [0, 0.05) is 37.3 Å². The smallest absolute Gasteiger partial charge is 0.250 e. The maximum absolute atomic E-state index is 11.5. The number of carbonyl (C=O) groups excluding carboxylic acids is 1. The van der Waals surface area contributed by atoms with E-state index in [2.05, 4.69) is 30.3 Å². The minimum absolute atomic E-state index is 0.0418. The normalized spacial score (nSPS) is 16.6. The van der Waals surface area contributed by atoms with Crippen LogP contribution in [0.5, 0.6) is 0 Å². The fraction of sp³-hybridized carbons (Fsp3) is 0.423. The molecule has 2 fully saturated rings. The lowest BCUT2D eigenvalue weighted by atomic mass is 10.1. The molecule has 0 amide bonds. The fourth-order valence-corrected chi connectivity index (χ4v) is 4.47. The van der Waals surface area contributed by atoms with Crippen molar-refractivity contribution < 1.29 is 9.21 Å². The summed E-state index contributed by atoms with van der Waals surface area (Å²) in [6.45, 7) is 5.42. The van der Waals surface area contributed by atoms with Gasteiger partial charge in [-0.25, -0.2) is 5.43 Å². The quantitative estimate of drug-likeness (QED) is 0.298. The molecule has 9 nitrogen and oxygen atoms in total. The van der Waals surface area contributed by atoms with Crippen molar-refractivity contribution >= 4 is 29.8 Å². The van der Waals surface area contributed by atoms with E-state index in [1.54, 1.807) is 25.3 Å². The third-order valence-electron chi connectivity index (χ3n) is 6.45. The fourth-order valence-electron chi connectivity index (χ4n) is 4.47. The highest BCUT2D eigenvalue weighted by molar-refractivity contribution is 5.94. The minimum atomic E-state index is 0.0418. The van der Waals surface area contributed by atoms with Crippen molar-refractivity contribution in [3.8, 4) is 11.3 Å². The highest BCUT2D eigenvalue weighted by atomic mass is 16.3. The molecule has 35 heavy (non-hydrogen) atoms. The van der Waals surface area contributed by atoms with Crippen LogP contribution in [0, 0.1) is 0 Å². The molecule has 3 aromatic rings. The number of anilines is 3. The van der Waals surface area contributed by atoms with Crippen molar-refractivity contribution in [1.29, 1.82) is 0 Å². The number of hydrogen-bond acceptors (Lipinski definition) is 9. The van der Waals surface area contributed by atoms with E-state index in [-0.39, 0.29) is 5.78 Å². The monoisotopic (exact) mass is 473 g/mol. The topological polar surface area (TPSA) is 99.8 Å². The largest absolute Gasteiger partial charge is 0.455 e. The number of hydrogen-bond donors (Lipinski definition) is 1. The summed E-state index contributed by atoms with van der Waals surface area (Å²) in [6.07, 6.45) is 8.74. The van der Waals surface area contributed by atoms with Gasteiger partial charge in [0.25, 0.3) is 0 Å². The zero-order valence-electron chi connectivity index (χ0n) is 20.1. The predicted molar refractivity (Wildman–Crippen MR) is 137 cm³/mol. The molecule has 4 heterocycles. The van der Waals surface area contributed by atoms with Gasteiger partial charge in [0.15, 0.2) is 5.78 Å². The average molecular weight is 474 g/mol. The first-order valence-corrected chi connectivity index (χ1v) is 12.4. The van der Waals surface area contributed by atoms with Crippen LogP contribution in [0.25, 0.3) is 11.3 Å². The van der Waals surface area contributed by atoms with Crippen molar-refractivity contribution in [2.24, 2.45) is 5.10 Å². The Bertz CT molecular complexity index is 1140. The first kappa shape index (κ1) is 23.0. The Balaban J connectivity index is 1.31. The molecule has 9 heteroatoms. The molecule has 2 aromatic heterocycles. The molecule has 2 saturated heterocycles. The number of Topliss-reactive ketones (excluding diaryl/α,β-unsaturated/α-hetero) is 1. The van der Waals surface area contributed by atoms with Gasteiger partial charge in [-0.05, 0) is 57.6 Å². The zero-order valence-corrected chi connectivity index (χ0v) is 20.1. The average Bonchev–Trinajstić information content (AvgIpc) is 3.38. The van der Waals surface area contributed by atoms with Gasteiger partial charge in [-0.2, -0.15) is 20.1 Å². The van der Waals surface area contributed by atoms with E-state index in [4.69, 9.17) is 9.40 Å². The lowest BCUT2D eigenvalue weighted by molar-refractivity contribution is 0.101. The first-order chi connectivity index (χ1) is 17.2. The zero-order chi connectivity index (χ0) is 24.0. The van der Waals surface area contributed by atoms with Crippen LogP contribution in [0.2, 0.25) is 0 Å². The van der Waals surface area contributed by atoms with Crippen molar-refractivity contribution in [2.75, 3.05) is 41.4 Å². The van der Waals surface area contributed by atoms with E-state index in [1.165, 1.54) is 12.8 Å². The number of rotatable bonds is 7. The van der Waals surface area contributed by atoms with Gasteiger partial charge in [-0.15, -0.1) is 0 Å². The molecular formula is C26H31N7O2. The lowest BCUT2D eigenvalue weighted by Gasteiger charge is -2.30. The molecule has 0 radical (unpaired) electrons. The molecule has 5 rings (SSSR count). The van der Waals surface area contributed by atoms with Crippen LogP contribution >= 0.6 is 0 Å². The number of furan rings is 1. The van der Waals surface area contributed by atoms with Gasteiger partial charge in [-0.1, -0.05) is 24.3 Å². The molecule has 1 aromatic carbocycles. The molecule has 0 unspecified atom stereocenters. The van der Waals surface area contributed by atoms with Crippen LogP contribution in [-0.2, 0) is 0 Å². The number of benzene rings is 1. The van der Waals surface area contributed by atoms with Gasteiger partial charge >= 0.3 is 0 Å². The standard InChI is InChI=1S/C26H31N7O2/c1-19(34)20-8-10-21(11-9-20)23-13-12-22(35-23)18-27-31-24-28-25(32-14-4-2-5-15-32)30-26(29-24)33-16-6-3-7-17-33/h8-13,18H,2-7,14-17H2,1H3,(H,28,29,30,31)/b27-18+. The van der Waals surface area contributed by atoms with E-state index in [9.17, 15) is 4.79 Å². The molecule has 0 bridgehead atoms. The van der Waals surface area contributed by atoms with Gasteiger partial charge in [-0.3, -0.25) is 4.79 Å². The molecule has 0 atom stereocenters. The number of ketones is 1. The first-order valence-electron chi connectivity index (χ1n) is 12.4. The Labute approximate surface area is 205 Å². The van der Waals surface area contributed by atoms with Crippen molar-refractivity contribution in [1.82, 2.24) is 15.0 Å². The Morgan fingerprint density at radius 3 is 2.03 bits per heavy atom. The van der Waals surface area contributed by atoms with Crippen LogP contribution < -0.4 is 15.2 Å². The van der Waals surface area contributed by atoms with E-state index in [0.717, 1.165) is 57.4 Å². The van der Waals surface area contributed by atoms with Crippen molar-refractivity contribution in [3.63, 3.8) is 0 Å². The van der Waals surface area contributed by atoms with Crippen molar-refractivity contribution in [2.45, 2.75) is 45.4 Å². The summed E-state index contributed by atoms with van der Waals surface area (Å²) in [4.78, 5) is 30.1. The van der Waals surface area contributed by atoms with Gasteiger partial charge in [0.2, 0.25) is 17.8 Å². The molecular weight excluding hydrogens is 442 g/mol. The number of aromatic nitrogens is 3. The summed E-state index contributed by atoms with van der Waals surface area (Å²) in [6, 6.07) is 11.1. The summed E-state index contributed by atoms with van der Waals surface area (Å²) in [5.41, 5.74) is 4.56. The molecule has 2 aliphatic rings. The van der Waals surface area contributed by atoms with Crippen LogP contribution in [0.15, 0.2) is 45.9 Å². The summed E-state index contributed by atoms with van der Waals surface area (Å²) in [5.74, 6) is 3.22. The van der Waals surface area contributed by atoms with Crippen molar-refractivity contribution in [3.05, 3.63) is 47.7 Å². The molecule has 1 N–H and O–H groups in total. The molecule has 0 spiro atoms. The van der Waals surface area contributed by atoms with E-state index < -0.39 is 0 Å². The van der Waals surface area contributed by atoms with Crippen LogP contribution in [0.4, 0.5) is 17.8 Å². The van der Waals surface area contributed by atoms with Gasteiger partial charge < -0.3 is 14.2 Å². The number of nitrogens with one attached hydrogen (secondary N) is 1. The number of hydrazone groups is 1. The van der Waals surface area contributed by atoms with Gasteiger partial charge in [0.1, 0.15) is 11.5 Å². The second-order valence-electron chi connectivity index (χ2n) is 9.06. The number of nitrogens with zero attached hydrogens (tertiary/aromatic N) is 6. The summed E-state index contributed by atoms with van der Waals surface area (Å²) < 4.78 is 5.90. The maximum atomic E-state index is 11.5. The summed E-state index contributed by atoms with van der Waals surface area (Å²) in [7, 11) is 0. The maximum Gasteiger partial charge on any atom is 0.250 e.